The normalized spacial score (nSPS) is 13.1. The summed E-state index contributed by atoms with van der Waals surface area (Å²) in [7, 11) is 0. The summed E-state index contributed by atoms with van der Waals surface area (Å²) in [5, 5.41) is 0. The molecular formula is C17H27NOS. The lowest BCUT2D eigenvalue weighted by Gasteiger charge is -2.22. The Kier molecular flexibility index (Phi) is 6.00. The minimum Gasteiger partial charge on any atom is -0.494 e. The Balaban J connectivity index is 3.02. The lowest BCUT2D eigenvalue weighted by molar-refractivity contribution is 0.334. The van der Waals surface area contributed by atoms with E-state index in [9.17, 15) is 0 Å². The summed E-state index contributed by atoms with van der Waals surface area (Å²) >= 11 is 5.00. The maximum atomic E-state index is 5.75. The van der Waals surface area contributed by atoms with Crippen molar-refractivity contribution in [3.63, 3.8) is 0 Å². The van der Waals surface area contributed by atoms with E-state index in [0.717, 1.165) is 18.6 Å². The fourth-order valence-corrected chi connectivity index (χ4v) is 2.58. The topological polar surface area (TPSA) is 35.2 Å². The summed E-state index contributed by atoms with van der Waals surface area (Å²) in [5.74, 6) is 1.41. The van der Waals surface area contributed by atoms with Gasteiger partial charge in [0, 0.05) is 6.42 Å². The van der Waals surface area contributed by atoms with Crippen molar-refractivity contribution in [2.45, 2.75) is 52.9 Å². The third-order valence-electron chi connectivity index (χ3n) is 3.34. The lowest BCUT2D eigenvalue weighted by atomic mass is 9.84. The maximum absolute atomic E-state index is 5.75. The van der Waals surface area contributed by atoms with Crippen LogP contribution in [-0.2, 0) is 11.8 Å². The van der Waals surface area contributed by atoms with Crippen LogP contribution in [0.25, 0.3) is 0 Å². The summed E-state index contributed by atoms with van der Waals surface area (Å²) in [6.45, 7) is 11.6. The molecule has 0 bridgehead atoms. The maximum Gasteiger partial charge on any atom is 0.122 e. The highest BCUT2D eigenvalue weighted by Crippen LogP contribution is 2.30. The van der Waals surface area contributed by atoms with Gasteiger partial charge >= 0.3 is 0 Å². The molecule has 0 fully saturated rings. The molecule has 0 radical (unpaired) electrons. The van der Waals surface area contributed by atoms with Crippen molar-refractivity contribution in [1.82, 2.24) is 0 Å². The third kappa shape index (κ3) is 5.12. The first-order valence-electron chi connectivity index (χ1n) is 7.28. The average molecular weight is 293 g/mol. The van der Waals surface area contributed by atoms with Crippen LogP contribution in [0.1, 0.15) is 52.2 Å². The molecule has 112 valence electrons. The van der Waals surface area contributed by atoms with Crippen LogP contribution >= 0.6 is 12.2 Å². The van der Waals surface area contributed by atoms with Crippen LogP contribution in [0.15, 0.2) is 18.2 Å². The molecule has 0 saturated carbocycles. The van der Waals surface area contributed by atoms with Gasteiger partial charge in [-0.1, -0.05) is 52.0 Å². The third-order valence-corrected chi connectivity index (χ3v) is 3.51. The lowest BCUT2D eigenvalue weighted by Crippen LogP contribution is -2.16. The SMILES string of the molecule is CCOc1ccc(C(C)(C)C)cc1CC(C)CC(N)=S. The molecule has 3 heteroatoms. The van der Waals surface area contributed by atoms with E-state index in [1.54, 1.807) is 0 Å². The molecule has 0 spiro atoms. The molecule has 0 amide bonds. The first kappa shape index (κ1) is 17.0. The second kappa shape index (κ2) is 7.07. The van der Waals surface area contributed by atoms with Crippen molar-refractivity contribution < 1.29 is 4.74 Å². The zero-order chi connectivity index (χ0) is 15.3. The Morgan fingerprint density at radius 2 is 2.00 bits per heavy atom. The number of hydrogen-bond donors (Lipinski definition) is 1. The fraction of sp³-hybridized carbons (Fsp3) is 0.588. The van der Waals surface area contributed by atoms with Crippen molar-refractivity contribution in [3.05, 3.63) is 29.3 Å². The zero-order valence-electron chi connectivity index (χ0n) is 13.3. The minimum atomic E-state index is 0.145. The number of nitrogens with two attached hydrogens (primary N) is 1. The Morgan fingerprint density at radius 3 is 2.50 bits per heavy atom. The molecular weight excluding hydrogens is 266 g/mol. The van der Waals surface area contributed by atoms with Crippen molar-refractivity contribution in [2.24, 2.45) is 11.7 Å². The Morgan fingerprint density at radius 1 is 1.35 bits per heavy atom. The van der Waals surface area contributed by atoms with Gasteiger partial charge in [0.15, 0.2) is 0 Å². The van der Waals surface area contributed by atoms with Gasteiger partial charge < -0.3 is 10.5 Å². The highest BCUT2D eigenvalue weighted by molar-refractivity contribution is 7.80. The van der Waals surface area contributed by atoms with Gasteiger partial charge in [-0.05, 0) is 41.9 Å². The van der Waals surface area contributed by atoms with Crippen molar-refractivity contribution in [2.75, 3.05) is 6.61 Å². The molecule has 0 aliphatic carbocycles. The van der Waals surface area contributed by atoms with Gasteiger partial charge in [-0.2, -0.15) is 0 Å². The molecule has 1 rings (SSSR count). The van der Waals surface area contributed by atoms with Gasteiger partial charge in [0.05, 0.1) is 11.6 Å². The molecule has 1 aromatic carbocycles. The van der Waals surface area contributed by atoms with E-state index in [4.69, 9.17) is 22.7 Å². The molecule has 2 N–H and O–H groups in total. The molecule has 0 aliphatic rings. The molecule has 20 heavy (non-hydrogen) atoms. The summed E-state index contributed by atoms with van der Waals surface area (Å²) in [6.07, 6.45) is 1.72. The second-order valence-electron chi connectivity index (χ2n) is 6.49. The van der Waals surface area contributed by atoms with Crippen LogP contribution in [0.3, 0.4) is 0 Å². The van der Waals surface area contributed by atoms with Crippen LogP contribution in [-0.4, -0.2) is 11.6 Å². The van der Waals surface area contributed by atoms with Crippen LogP contribution in [0.5, 0.6) is 5.75 Å². The largest absolute Gasteiger partial charge is 0.494 e. The number of hydrogen-bond acceptors (Lipinski definition) is 2. The number of thiocarbonyl (C=S) groups is 1. The van der Waals surface area contributed by atoms with Crippen LogP contribution in [0, 0.1) is 5.92 Å². The summed E-state index contributed by atoms with van der Waals surface area (Å²) in [6, 6.07) is 6.51. The minimum absolute atomic E-state index is 0.145. The van der Waals surface area contributed by atoms with Gasteiger partial charge in [-0.3, -0.25) is 0 Å². The second-order valence-corrected chi connectivity index (χ2v) is 7.01. The first-order valence-corrected chi connectivity index (χ1v) is 7.69. The smallest absolute Gasteiger partial charge is 0.122 e. The van der Waals surface area contributed by atoms with Gasteiger partial charge in [-0.15, -0.1) is 0 Å². The first-order chi connectivity index (χ1) is 9.24. The van der Waals surface area contributed by atoms with Gasteiger partial charge in [0.1, 0.15) is 5.75 Å². The summed E-state index contributed by atoms with van der Waals surface area (Å²) in [4.78, 5) is 0.586. The fourth-order valence-electron chi connectivity index (χ4n) is 2.29. The standard InChI is InChI=1S/C17H27NOS/c1-6-19-15-8-7-14(17(3,4)5)11-13(15)9-12(2)10-16(18)20/h7-8,11-12H,6,9-10H2,1-5H3,(H2,18,20). The van der Waals surface area contributed by atoms with Crippen LogP contribution < -0.4 is 10.5 Å². The van der Waals surface area contributed by atoms with Crippen molar-refractivity contribution in [1.29, 1.82) is 0 Å². The molecule has 1 unspecified atom stereocenters. The van der Waals surface area contributed by atoms with Gasteiger partial charge in [0.2, 0.25) is 0 Å². The highest BCUT2D eigenvalue weighted by Gasteiger charge is 2.17. The quantitative estimate of drug-likeness (QED) is 0.797. The zero-order valence-corrected chi connectivity index (χ0v) is 14.1. The molecule has 2 nitrogen and oxygen atoms in total. The van der Waals surface area contributed by atoms with Crippen molar-refractivity contribution >= 4 is 17.2 Å². The van der Waals surface area contributed by atoms with E-state index >= 15 is 0 Å². The van der Waals surface area contributed by atoms with Gasteiger partial charge in [0.25, 0.3) is 0 Å². The number of ether oxygens (including phenoxy) is 1. The predicted molar refractivity (Wildman–Crippen MR) is 90.6 cm³/mol. The molecule has 0 aliphatic heterocycles. The van der Waals surface area contributed by atoms with E-state index in [0.29, 0.717) is 17.5 Å². The van der Waals surface area contributed by atoms with Gasteiger partial charge in [-0.25, -0.2) is 0 Å². The highest BCUT2D eigenvalue weighted by atomic mass is 32.1. The molecule has 1 aromatic rings. The van der Waals surface area contributed by atoms with E-state index < -0.39 is 0 Å². The molecule has 0 aromatic heterocycles. The van der Waals surface area contributed by atoms with E-state index in [1.807, 2.05) is 6.92 Å². The number of rotatable bonds is 6. The number of benzene rings is 1. The predicted octanol–water partition coefficient (Wildman–Crippen LogP) is 4.24. The molecule has 1 atom stereocenters. The Bertz CT molecular complexity index is 463. The van der Waals surface area contributed by atoms with E-state index in [2.05, 4.69) is 45.9 Å². The Hall–Kier alpha value is -1.09. The monoisotopic (exact) mass is 293 g/mol. The van der Waals surface area contributed by atoms with Crippen molar-refractivity contribution in [3.8, 4) is 5.75 Å². The van der Waals surface area contributed by atoms with Crippen LogP contribution in [0.4, 0.5) is 0 Å². The van der Waals surface area contributed by atoms with E-state index in [-0.39, 0.29) is 5.41 Å². The summed E-state index contributed by atoms with van der Waals surface area (Å²) < 4.78 is 5.75. The average Bonchev–Trinajstić information content (AvgIpc) is 2.29. The van der Waals surface area contributed by atoms with Crippen LogP contribution in [0.2, 0.25) is 0 Å². The molecule has 0 saturated heterocycles. The Labute approximate surface area is 128 Å². The summed E-state index contributed by atoms with van der Waals surface area (Å²) in [5.41, 5.74) is 8.37. The van der Waals surface area contributed by atoms with E-state index in [1.165, 1.54) is 11.1 Å². The molecule has 0 heterocycles.